The van der Waals surface area contributed by atoms with Gasteiger partial charge < -0.3 is 5.32 Å². The van der Waals surface area contributed by atoms with E-state index in [1.165, 1.54) is 22.5 Å². The van der Waals surface area contributed by atoms with E-state index in [1.807, 2.05) is 0 Å². The summed E-state index contributed by atoms with van der Waals surface area (Å²) in [5.74, 6) is -0.984. The molecule has 0 atom stereocenters. The Bertz CT molecular complexity index is 1000. The molecule has 1 heterocycles. The average molecular weight is 421 g/mol. The standard InChI is InChI=1S/C19H20FN3O5S/c20-18-4-2-1-3-15(18)13-21-19(24)14-9-11-22(12-10-14)29(27,28)17-7-5-16(6-8-17)23(25)26/h1-8,14H,9-13H2,(H,21,24). The molecule has 2 aromatic carbocycles. The van der Waals surface area contributed by atoms with Gasteiger partial charge in [0.05, 0.1) is 9.82 Å². The largest absolute Gasteiger partial charge is 0.352 e. The highest BCUT2D eigenvalue weighted by Crippen LogP contribution is 2.25. The van der Waals surface area contributed by atoms with Crippen molar-refractivity contribution in [2.24, 2.45) is 5.92 Å². The minimum atomic E-state index is -3.79. The van der Waals surface area contributed by atoms with E-state index in [9.17, 15) is 27.7 Å². The molecule has 0 spiro atoms. The zero-order chi connectivity index (χ0) is 21.0. The third-order valence-electron chi connectivity index (χ3n) is 4.92. The summed E-state index contributed by atoms with van der Waals surface area (Å²) in [4.78, 5) is 22.4. The number of nitro groups is 1. The van der Waals surface area contributed by atoms with E-state index in [-0.39, 0.29) is 42.0 Å². The first-order chi connectivity index (χ1) is 13.8. The number of rotatable bonds is 6. The summed E-state index contributed by atoms with van der Waals surface area (Å²) in [6.07, 6.45) is 0.685. The number of non-ortho nitro benzene ring substituents is 1. The van der Waals surface area contributed by atoms with Gasteiger partial charge in [0.15, 0.2) is 0 Å². The first-order valence-electron chi connectivity index (χ1n) is 9.05. The van der Waals surface area contributed by atoms with Gasteiger partial charge >= 0.3 is 0 Å². The lowest BCUT2D eigenvalue weighted by molar-refractivity contribution is -0.384. The molecule has 10 heteroatoms. The molecule has 1 saturated heterocycles. The van der Waals surface area contributed by atoms with Crippen molar-refractivity contribution >= 4 is 21.6 Å². The molecule has 0 unspecified atom stereocenters. The van der Waals surface area contributed by atoms with Crippen molar-refractivity contribution in [3.63, 3.8) is 0 Å². The van der Waals surface area contributed by atoms with Crippen LogP contribution in [0.15, 0.2) is 53.4 Å². The first-order valence-corrected chi connectivity index (χ1v) is 10.5. The van der Waals surface area contributed by atoms with Crippen LogP contribution in [0.25, 0.3) is 0 Å². The Morgan fingerprint density at radius 3 is 2.34 bits per heavy atom. The van der Waals surface area contributed by atoms with Crippen LogP contribution in [-0.4, -0.2) is 36.6 Å². The molecule has 1 aliphatic rings. The second-order valence-corrected chi connectivity index (χ2v) is 8.68. The maximum atomic E-state index is 13.6. The zero-order valence-corrected chi connectivity index (χ0v) is 16.3. The van der Waals surface area contributed by atoms with Crippen molar-refractivity contribution in [1.29, 1.82) is 0 Å². The number of nitro benzene ring substituents is 1. The number of sulfonamides is 1. The normalized spacial score (nSPS) is 15.8. The van der Waals surface area contributed by atoms with E-state index in [4.69, 9.17) is 0 Å². The van der Waals surface area contributed by atoms with E-state index in [0.717, 1.165) is 12.1 Å². The molecule has 0 bridgehead atoms. The summed E-state index contributed by atoms with van der Waals surface area (Å²) >= 11 is 0. The quantitative estimate of drug-likeness (QED) is 0.569. The Balaban J connectivity index is 1.57. The molecule has 0 aliphatic carbocycles. The predicted octanol–water partition coefficient (Wildman–Crippen LogP) is 2.45. The third kappa shape index (κ3) is 4.77. The van der Waals surface area contributed by atoms with Gasteiger partial charge in [-0.05, 0) is 31.0 Å². The van der Waals surface area contributed by atoms with Crippen LogP contribution < -0.4 is 5.32 Å². The molecule has 154 valence electrons. The van der Waals surface area contributed by atoms with Gasteiger partial charge in [-0.2, -0.15) is 4.31 Å². The number of benzene rings is 2. The van der Waals surface area contributed by atoms with E-state index < -0.39 is 20.8 Å². The lowest BCUT2D eigenvalue weighted by atomic mass is 9.97. The summed E-state index contributed by atoms with van der Waals surface area (Å²) in [6.45, 7) is 0.404. The molecule has 1 amide bonds. The lowest BCUT2D eigenvalue weighted by Crippen LogP contribution is -2.42. The number of nitrogens with one attached hydrogen (secondary N) is 1. The van der Waals surface area contributed by atoms with Gasteiger partial charge in [0.25, 0.3) is 5.69 Å². The molecule has 0 saturated carbocycles. The Hall–Kier alpha value is -2.85. The molecular weight excluding hydrogens is 401 g/mol. The second kappa shape index (κ2) is 8.66. The van der Waals surface area contributed by atoms with Crippen LogP contribution in [0.3, 0.4) is 0 Å². The van der Waals surface area contributed by atoms with Crippen LogP contribution in [0.5, 0.6) is 0 Å². The van der Waals surface area contributed by atoms with Crippen LogP contribution in [0.2, 0.25) is 0 Å². The molecule has 1 aliphatic heterocycles. The summed E-state index contributed by atoms with van der Waals surface area (Å²) in [5.41, 5.74) is 0.202. The van der Waals surface area contributed by atoms with Crippen LogP contribution >= 0.6 is 0 Å². The number of piperidine rings is 1. The molecular formula is C19H20FN3O5S. The lowest BCUT2D eigenvalue weighted by Gasteiger charge is -2.30. The summed E-state index contributed by atoms with van der Waals surface area (Å²) in [6, 6.07) is 10.9. The van der Waals surface area contributed by atoms with Crippen molar-refractivity contribution in [2.75, 3.05) is 13.1 Å². The van der Waals surface area contributed by atoms with E-state index in [2.05, 4.69) is 5.32 Å². The van der Waals surface area contributed by atoms with Gasteiger partial charge in [-0.15, -0.1) is 0 Å². The Kier molecular flexibility index (Phi) is 6.23. The topological polar surface area (TPSA) is 110 Å². The van der Waals surface area contributed by atoms with Crippen LogP contribution in [0, 0.1) is 21.8 Å². The fourth-order valence-corrected chi connectivity index (χ4v) is 4.69. The van der Waals surface area contributed by atoms with Crippen molar-refractivity contribution in [3.05, 3.63) is 70.0 Å². The molecule has 1 N–H and O–H groups in total. The second-order valence-electron chi connectivity index (χ2n) is 6.74. The molecule has 0 aromatic heterocycles. The zero-order valence-electron chi connectivity index (χ0n) is 15.5. The Morgan fingerprint density at radius 2 is 1.76 bits per heavy atom. The molecule has 0 radical (unpaired) electrons. The fraction of sp³-hybridized carbons (Fsp3) is 0.316. The molecule has 2 aromatic rings. The molecule has 8 nitrogen and oxygen atoms in total. The number of hydrogen-bond acceptors (Lipinski definition) is 5. The van der Waals surface area contributed by atoms with Gasteiger partial charge in [-0.25, -0.2) is 12.8 Å². The van der Waals surface area contributed by atoms with E-state index in [0.29, 0.717) is 18.4 Å². The summed E-state index contributed by atoms with van der Waals surface area (Å²) in [7, 11) is -3.79. The number of nitrogens with zero attached hydrogens (tertiary/aromatic N) is 2. The van der Waals surface area contributed by atoms with Crippen LogP contribution in [0.1, 0.15) is 18.4 Å². The first kappa shape index (κ1) is 20.9. The highest BCUT2D eigenvalue weighted by Gasteiger charge is 2.32. The number of halogens is 1. The summed E-state index contributed by atoms with van der Waals surface area (Å²) in [5, 5.41) is 13.4. The van der Waals surface area contributed by atoms with E-state index in [1.54, 1.807) is 18.2 Å². The van der Waals surface area contributed by atoms with Gasteiger partial charge in [-0.1, -0.05) is 18.2 Å². The number of amides is 1. The highest BCUT2D eigenvalue weighted by molar-refractivity contribution is 7.89. The molecule has 1 fully saturated rings. The maximum Gasteiger partial charge on any atom is 0.269 e. The number of hydrogen-bond donors (Lipinski definition) is 1. The van der Waals surface area contributed by atoms with E-state index >= 15 is 0 Å². The van der Waals surface area contributed by atoms with Crippen LogP contribution in [-0.2, 0) is 21.4 Å². The van der Waals surface area contributed by atoms with Crippen molar-refractivity contribution in [2.45, 2.75) is 24.3 Å². The number of carbonyl (C=O) groups excluding carboxylic acids is 1. The fourth-order valence-electron chi connectivity index (χ4n) is 3.22. The highest BCUT2D eigenvalue weighted by atomic mass is 32.2. The average Bonchev–Trinajstić information content (AvgIpc) is 2.73. The summed E-state index contributed by atoms with van der Waals surface area (Å²) < 4.78 is 40.3. The molecule has 29 heavy (non-hydrogen) atoms. The van der Waals surface area contributed by atoms with Crippen molar-refractivity contribution in [1.82, 2.24) is 9.62 Å². The smallest absolute Gasteiger partial charge is 0.269 e. The van der Waals surface area contributed by atoms with Crippen LogP contribution in [0.4, 0.5) is 10.1 Å². The Labute approximate surface area is 167 Å². The third-order valence-corrected chi connectivity index (χ3v) is 6.83. The number of carbonyl (C=O) groups is 1. The van der Waals surface area contributed by atoms with Gasteiger partial charge in [0.1, 0.15) is 5.82 Å². The van der Waals surface area contributed by atoms with Gasteiger partial charge in [0.2, 0.25) is 15.9 Å². The van der Waals surface area contributed by atoms with Gasteiger partial charge in [-0.3, -0.25) is 14.9 Å². The van der Waals surface area contributed by atoms with Gasteiger partial charge in [0, 0.05) is 43.2 Å². The minimum Gasteiger partial charge on any atom is -0.352 e. The monoisotopic (exact) mass is 421 g/mol. The minimum absolute atomic E-state index is 0.0226. The molecule has 3 rings (SSSR count). The maximum absolute atomic E-state index is 13.6. The van der Waals surface area contributed by atoms with Crippen molar-refractivity contribution < 1.29 is 22.5 Å². The predicted molar refractivity (Wildman–Crippen MR) is 103 cm³/mol. The van der Waals surface area contributed by atoms with Crippen molar-refractivity contribution in [3.8, 4) is 0 Å². The Morgan fingerprint density at radius 1 is 1.14 bits per heavy atom. The SMILES string of the molecule is O=C(NCc1ccccc1F)C1CCN(S(=O)(=O)c2ccc([N+](=O)[O-])cc2)CC1.